The van der Waals surface area contributed by atoms with Crippen molar-refractivity contribution < 1.29 is 4.74 Å². The summed E-state index contributed by atoms with van der Waals surface area (Å²) >= 11 is 5.52. The van der Waals surface area contributed by atoms with Gasteiger partial charge in [0.15, 0.2) is 5.11 Å². The van der Waals surface area contributed by atoms with E-state index in [1.807, 2.05) is 6.07 Å². The second-order valence-electron chi connectivity index (χ2n) is 5.24. The Morgan fingerprint density at radius 2 is 1.84 bits per heavy atom. The Kier molecular flexibility index (Phi) is 4.77. The molecule has 0 bridgehead atoms. The first kappa shape index (κ1) is 14.3. The first-order valence-electron chi connectivity index (χ1n) is 6.82. The van der Waals surface area contributed by atoms with Crippen molar-refractivity contribution in [2.75, 3.05) is 13.1 Å². The zero-order valence-corrected chi connectivity index (χ0v) is 12.6. The SMILES string of the molecule is C[C@H]1CN(C(=S)N[C@H](C)c2ccccc2)C[C@H](C)O1. The van der Waals surface area contributed by atoms with Gasteiger partial charge in [-0.1, -0.05) is 30.3 Å². The van der Waals surface area contributed by atoms with Crippen LogP contribution in [-0.2, 0) is 4.74 Å². The predicted octanol–water partition coefficient (Wildman–Crippen LogP) is 2.73. The van der Waals surface area contributed by atoms with Gasteiger partial charge in [-0.3, -0.25) is 0 Å². The smallest absolute Gasteiger partial charge is 0.169 e. The average Bonchev–Trinajstić information content (AvgIpc) is 2.38. The van der Waals surface area contributed by atoms with Gasteiger partial charge >= 0.3 is 0 Å². The molecule has 0 amide bonds. The fourth-order valence-electron chi connectivity index (χ4n) is 2.45. The lowest BCUT2D eigenvalue weighted by Crippen LogP contribution is -2.51. The molecule has 2 rings (SSSR count). The monoisotopic (exact) mass is 278 g/mol. The van der Waals surface area contributed by atoms with E-state index in [1.165, 1.54) is 5.56 Å². The highest BCUT2D eigenvalue weighted by Crippen LogP contribution is 2.14. The molecular formula is C15H22N2OS. The molecule has 1 heterocycles. The molecule has 1 saturated heterocycles. The molecular weight excluding hydrogens is 256 g/mol. The summed E-state index contributed by atoms with van der Waals surface area (Å²) in [6.07, 6.45) is 0.464. The second kappa shape index (κ2) is 6.35. The van der Waals surface area contributed by atoms with Gasteiger partial charge in [-0.15, -0.1) is 0 Å². The lowest BCUT2D eigenvalue weighted by atomic mass is 10.1. The third-order valence-corrected chi connectivity index (χ3v) is 3.72. The molecule has 3 nitrogen and oxygen atoms in total. The molecule has 0 spiro atoms. The van der Waals surface area contributed by atoms with Crippen molar-refractivity contribution in [3.63, 3.8) is 0 Å². The van der Waals surface area contributed by atoms with Crippen LogP contribution in [0.1, 0.15) is 32.4 Å². The van der Waals surface area contributed by atoms with Crippen LogP contribution in [0.3, 0.4) is 0 Å². The van der Waals surface area contributed by atoms with Crippen molar-refractivity contribution in [1.29, 1.82) is 0 Å². The maximum absolute atomic E-state index is 5.73. The van der Waals surface area contributed by atoms with Gasteiger partial charge in [-0.2, -0.15) is 0 Å². The van der Waals surface area contributed by atoms with Crippen LogP contribution < -0.4 is 5.32 Å². The lowest BCUT2D eigenvalue weighted by Gasteiger charge is -2.37. The Balaban J connectivity index is 1.93. The van der Waals surface area contributed by atoms with Gasteiger partial charge in [0.05, 0.1) is 18.2 Å². The van der Waals surface area contributed by atoms with Crippen LogP contribution in [-0.4, -0.2) is 35.3 Å². The van der Waals surface area contributed by atoms with E-state index in [9.17, 15) is 0 Å². The van der Waals surface area contributed by atoms with Crippen molar-refractivity contribution in [3.8, 4) is 0 Å². The van der Waals surface area contributed by atoms with E-state index in [-0.39, 0.29) is 18.2 Å². The van der Waals surface area contributed by atoms with Gasteiger partial charge in [0.1, 0.15) is 0 Å². The van der Waals surface area contributed by atoms with Crippen molar-refractivity contribution in [2.24, 2.45) is 0 Å². The summed E-state index contributed by atoms with van der Waals surface area (Å²) in [5.41, 5.74) is 1.25. The van der Waals surface area contributed by atoms with Crippen molar-refractivity contribution >= 4 is 17.3 Å². The number of morpholine rings is 1. The van der Waals surface area contributed by atoms with E-state index < -0.39 is 0 Å². The van der Waals surface area contributed by atoms with E-state index in [1.54, 1.807) is 0 Å². The Morgan fingerprint density at radius 3 is 2.42 bits per heavy atom. The minimum atomic E-state index is 0.224. The number of hydrogen-bond acceptors (Lipinski definition) is 2. The van der Waals surface area contributed by atoms with Crippen LogP contribution in [0.4, 0.5) is 0 Å². The van der Waals surface area contributed by atoms with E-state index in [4.69, 9.17) is 17.0 Å². The molecule has 0 saturated carbocycles. The number of nitrogens with zero attached hydrogens (tertiary/aromatic N) is 1. The highest BCUT2D eigenvalue weighted by atomic mass is 32.1. The van der Waals surface area contributed by atoms with Gasteiger partial charge in [0.2, 0.25) is 0 Å². The van der Waals surface area contributed by atoms with E-state index in [2.05, 4.69) is 55.3 Å². The molecule has 0 aliphatic carbocycles. The molecule has 4 heteroatoms. The molecule has 1 aliphatic heterocycles. The Hall–Kier alpha value is -1.13. The second-order valence-corrected chi connectivity index (χ2v) is 5.63. The molecule has 104 valence electrons. The molecule has 19 heavy (non-hydrogen) atoms. The zero-order chi connectivity index (χ0) is 13.8. The first-order chi connectivity index (χ1) is 9.06. The fourth-order valence-corrected chi connectivity index (χ4v) is 2.77. The highest BCUT2D eigenvalue weighted by molar-refractivity contribution is 7.80. The van der Waals surface area contributed by atoms with E-state index in [0.29, 0.717) is 0 Å². The third-order valence-electron chi connectivity index (χ3n) is 3.35. The maximum Gasteiger partial charge on any atom is 0.169 e. The first-order valence-corrected chi connectivity index (χ1v) is 7.23. The minimum absolute atomic E-state index is 0.224. The van der Waals surface area contributed by atoms with Crippen LogP contribution in [0, 0.1) is 0 Å². The molecule has 1 N–H and O–H groups in total. The summed E-state index contributed by atoms with van der Waals surface area (Å²) in [6.45, 7) is 8.03. The summed E-state index contributed by atoms with van der Waals surface area (Å²) in [7, 11) is 0. The standard InChI is InChI=1S/C15H22N2OS/c1-11-9-17(10-12(2)18-11)15(19)16-13(3)14-7-5-4-6-8-14/h4-8,11-13H,9-10H2,1-3H3,(H,16,19)/t11-,12-,13+/m0/s1. The summed E-state index contributed by atoms with van der Waals surface area (Å²) in [5, 5.41) is 4.23. The molecule has 1 aromatic rings. The fraction of sp³-hybridized carbons (Fsp3) is 0.533. The van der Waals surface area contributed by atoms with Crippen molar-refractivity contribution in [3.05, 3.63) is 35.9 Å². The van der Waals surface area contributed by atoms with Gasteiger partial charge in [-0.25, -0.2) is 0 Å². The average molecular weight is 278 g/mol. The molecule has 1 aromatic carbocycles. The van der Waals surface area contributed by atoms with E-state index in [0.717, 1.165) is 18.2 Å². The van der Waals surface area contributed by atoms with Gasteiger partial charge in [0.25, 0.3) is 0 Å². The van der Waals surface area contributed by atoms with Crippen LogP contribution >= 0.6 is 12.2 Å². The topological polar surface area (TPSA) is 24.5 Å². The number of thiocarbonyl (C=S) groups is 1. The minimum Gasteiger partial charge on any atom is -0.372 e. The third kappa shape index (κ3) is 3.91. The number of ether oxygens (including phenoxy) is 1. The molecule has 0 radical (unpaired) electrons. The quantitative estimate of drug-likeness (QED) is 0.841. The van der Waals surface area contributed by atoms with Crippen LogP contribution in [0.25, 0.3) is 0 Å². The Labute approximate surface area is 120 Å². The van der Waals surface area contributed by atoms with Crippen molar-refractivity contribution in [1.82, 2.24) is 10.2 Å². The van der Waals surface area contributed by atoms with Gasteiger partial charge in [0, 0.05) is 13.1 Å². The Bertz CT molecular complexity index is 413. The largest absolute Gasteiger partial charge is 0.372 e. The van der Waals surface area contributed by atoms with Gasteiger partial charge in [-0.05, 0) is 38.6 Å². The normalized spacial score (nSPS) is 24.9. The van der Waals surface area contributed by atoms with Crippen LogP contribution in [0.2, 0.25) is 0 Å². The van der Waals surface area contributed by atoms with Crippen LogP contribution in [0.5, 0.6) is 0 Å². The van der Waals surface area contributed by atoms with E-state index >= 15 is 0 Å². The lowest BCUT2D eigenvalue weighted by molar-refractivity contribution is -0.0483. The maximum atomic E-state index is 5.73. The number of nitrogens with one attached hydrogen (secondary N) is 1. The molecule has 1 fully saturated rings. The summed E-state index contributed by atoms with van der Waals surface area (Å²) in [6, 6.07) is 10.6. The summed E-state index contributed by atoms with van der Waals surface area (Å²) in [4.78, 5) is 2.20. The summed E-state index contributed by atoms with van der Waals surface area (Å²) < 4.78 is 5.73. The van der Waals surface area contributed by atoms with Crippen molar-refractivity contribution in [2.45, 2.75) is 39.0 Å². The van der Waals surface area contributed by atoms with Crippen LogP contribution in [0.15, 0.2) is 30.3 Å². The Morgan fingerprint density at radius 1 is 1.26 bits per heavy atom. The number of benzene rings is 1. The molecule has 0 unspecified atom stereocenters. The molecule has 3 atom stereocenters. The number of rotatable bonds is 2. The highest BCUT2D eigenvalue weighted by Gasteiger charge is 2.24. The predicted molar refractivity (Wildman–Crippen MR) is 82.2 cm³/mol. The number of hydrogen-bond donors (Lipinski definition) is 1. The molecule has 0 aromatic heterocycles. The van der Waals surface area contributed by atoms with Gasteiger partial charge < -0.3 is 15.0 Å². The zero-order valence-electron chi connectivity index (χ0n) is 11.8. The molecule has 1 aliphatic rings. The summed E-state index contributed by atoms with van der Waals surface area (Å²) in [5.74, 6) is 0.